The van der Waals surface area contributed by atoms with Crippen LogP contribution in [0.15, 0.2) is 30.6 Å². The minimum atomic E-state index is -1.32. The van der Waals surface area contributed by atoms with Gasteiger partial charge in [-0.2, -0.15) is 0 Å². The van der Waals surface area contributed by atoms with Gasteiger partial charge in [0.15, 0.2) is 0 Å². The molecule has 0 aliphatic heterocycles. The fraction of sp³-hybridized carbons (Fsp3) is 0.308. The van der Waals surface area contributed by atoms with Crippen LogP contribution in [0.3, 0.4) is 0 Å². The molecule has 0 aliphatic carbocycles. The number of hydrogen-bond donors (Lipinski definition) is 4. The van der Waals surface area contributed by atoms with Gasteiger partial charge in [-0.15, -0.1) is 0 Å². The lowest BCUT2D eigenvalue weighted by Gasteiger charge is -2.30. The lowest BCUT2D eigenvalue weighted by atomic mass is 10.0. The molecule has 0 spiro atoms. The van der Waals surface area contributed by atoms with Crippen molar-refractivity contribution in [2.24, 2.45) is 0 Å². The van der Waals surface area contributed by atoms with Crippen molar-refractivity contribution in [3.05, 3.63) is 40.7 Å². The van der Waals surface area contributed by atoms with Crippen LogP contribution in [0.4, 0.5) is 11.4 Å². The first-order valence-electron chi connectivity index (χ1n) is 6.19. The van der Waals surface area contributed by atoms with Gasteiger partial charge >= 0.3 is 0 Å². The van der Waals surface area contributed by atoms with Crippen LogP contribution in [0.5, 0.6) is 0 Å². The van der Waals surface area contributed by atoms with Gasteiger partial charge < -0.3 is 20.6 Å². The smallest absolute Gasteiger partial charge is 0.277 e. The highest BCUT2D eigenvalue weighted by molar-refractivity contribution is 5.99. The number of anilines is 1. The zero-order chi connectivity index (χ0) is 15.5. The number of nitrogens with zero attached hydrogens (tertiary/aromatic N) is 2. The first kappa shape index (κ1) is 15.1. The SMILES string of the molecule is O=[N+]([O-])c1ccc(NC(CO)(CO)CO)c2cnccc12. The average Bonchev–Trinajstić information content (AvgIpc) is 2.52. The van der Waals surface area contributed by atoms with Crippen molar-refractivity contribution in [3.63, 3.8) is 0 Å². The molecule has 1 aromatic carbocycles. The summed E-state index contributed by atoms with van der Waals surface area (Å²) in [5.74, 6) is 0. The number of non-ortho nitro benzene ring substituents is 1. The summed E-state index contributed by atoms with van der Waals surface area (Å²) in [4.78, 5) is 14.5. The molecule has 2 aromatic rings. The molecular weight excluding hydrogens is 278 g/mol. The highest BCUT2D eigenvalue weighted by Crippen LogP contribution is 2.32. The van der Waals surface area contributed by atoms with Crippen LogP contribution in [-0.2, 0) is 0 Å². The molecule has 1 heterocycles. The van der Waals surface area contributed by atoms with Crippen molar-refractivity contribution in [2.45, 2.75) is 5.54 Å². The van der Waals surface area contributed by atoms with E-state index in [9.17, 15) is 25.4 Å². The van der Waals surface area contributed by atoms with Crippen LogP contribution in [-0.4, -0.2) is 50.6 Å². The first-order chi connectivity index (χ1) is 10.1. The number of nitro benzene ring substituents is 1. The minimum absolute atomic E-state index is 0.0689. The minimum Gasteiger partial charge on any atom is -0.394 e. The van der Waals surface area contributed by atoms with Gasteiger partial charge in [-0.1, -0.05) is 0 Å². The molecule has 0 fully saturated rings. The third-order valence-electron chi connectivity index (χ3n) is 3.30. The van der Waals surface area contributed by atoms with Gasteiger partial charge in [0, 0.05) is 29.5 Å². The number of hydrogen-bond acceptors (Lipinski definition) is 7. The van der Waals surface area contributed by atoms with E-state index in [2.05, 4.69) is 10.3 Å². The summed E-state index contributed by atoms with van der Waals surface area (Å²) in [6.07, 6.45) is 2.89. The molecule has 0 unspecified atom stereocenters. The van der Waals surface area contributed by atoms with Gasteiger partial charge in [-0.25, -0.2) is 0 Å². The number of pyridine rings is 1. The van der Waals surface area contributed by atoms with Crippen molar-refractivity contribution in [1.29, 1.82) is 0 Å². The Balaban J connectivity index is 2.56. The number of nitro groups is 1. The fourth-order valence-corrected chi connectivity index (χ4v) is 2.00. The van der Waals surface area contributed by atoms with Crippen molar-refractivity contribution in [1.82, 2.24) is 4.98 Å². The third-order valence-corrected chi connectivity index (χ3v) is 3.30. The van der Waals surface area contributed by atoms with E-state index in [-0.39, 0.29) is 5.69 Å². The number of fused-ring (bicyclic) bond motifs is 1. The zero-order valence-corrected chi connectivity index (χ0v) is 11.1. The maximum atomic E-state index is 11.0. The van der Waals surface area contributed by atoms with Crippen LogP contribution in [0.1, 0.15) is 0 Å². The van der Waals surface area contributed by atoms with Crippen molar-refractivity contribution in [2.75, 3.05) is 25.1 Å². The van der Waals surface area contributed by atoms with Crippen molar-refractivity contribution in [3.8, 4) is 0 Å². The lowest BCUT2D eigenvalue weighted by Crippen LogP contribution is -2.49. The molecular formula is C13H15N3O5. The van der Waals surface area contributed by atoms with Gasteiger partial charge in [0.1, 0.15) is 5.54 Å². The molecule has 8 nitrogen and oxygen atoms in total. The lowest BCUT2D eigenvalue weighted by molar-refractivity contribution is -0.383. The molecule has 0 amide bonds. The van der Waals surface area contributed by atoms with Crippen LogP contribution in [0, 0.1) is 10.1 Å². The number of aliphatic hydroxyl groups excluding tert-OH is 3. The molecule has 21 heavy (non-hydrogen) atoms. The van der Waals surface area contributed by atoms with Crippen LogP contribution >= 0.6 is 0 Å². The van der Waals surface area contributed by atoms with Crippen LogP contribution in [0.25, 0.3) is 10.8 Å². The fourth-order valence-electron chi connectivity index (χ4n) is 2.00. The molecule has 112 valence electrons. The monoisotopic (exact) mass is 293 g/mol. The van der Waals surface area contributed by atoms with Gasteiger partial charge in [0.2, 0.25) is 0 Å². The van der Waals surface area contributed by atoms with Crippen molar-refractivity contribution >= 4 is 22.1 Å². The molecule has 0 saturated heterocycles. The first-order valence-corrected chi connectivity index (χ1v) is 6.19. The summed E-state index contributed by atoms with van der Waals surface area (Å²) in [5.41, 5.74) is -0.958. The standard InChI is InChI=1S/C13H15N3O5/c17-6-13(7-18,8-19)15-11-1-2-12(16(20)21)9-3-4-14-5-10(9)11/h1-5,15,17-19H,6-8H2. The number of nitrogens with one attached hydrogen (secondary N) is 1. The van der Waals surface area contributed by atoms with E-state index in [0.29, 0.717) is 16.5 Å². The molecule has 0 aliphatic rings. The summed E-state index contributed by atoms with van der Waals surface area (Å²) in [6, 6.07) is 4.29. The Morgan fingerprint density at radius 1 is 1.14 bits per heavy atom. The number of rotatable bonds is 6. The number of benzene rings is 1. The quantitative estimate of drug-likeness (QED) is 0.444. The molecule has 2 rings (SSSR count). The van der Waals surface area contributed by atoms with E-state index in [0.717, 1.165) is 0 Å². The van der Waals surface area contributed by atoms with Gasteiger partial charge in [-0.3, -0.25) is 15.1 Å². The molecule has 0 atom stereocenters. The Labute approximate surface area is 119 Å². The second-order valence-corrected chi connectivity index (χ2v) is 4.69. The highest BCUT2D eigenvalue weighted by atomic mass is 16.6. The maximum absolute atomic E-state index is 11.0. The summed E-state index contributed by atoms with van der Waals surface area (Å²) >= 11 is 0. The number of aliphatic hydroxyl groups is 3. The molecule has 4 N–H and O–H groups in total. The summed E-state index contributed by atoms with van der Waals surface area (Å²) in [5, 5.41) is 42.7. The molecule has 0 radical (unpaired) electrons. The second kappa shape index (κ2) is 6.00. The van der Waals surface area contributed by atoms with Gasteiger partial charge in [0.25, 0.3) is 5.69 Å². The number of aromatic nitrogens is 1. The largest absolute Gasteiger partial charge is 0.394 e. The Morgan fingerprint density at radius 2 is 1.81 bits per heavy atom. The maximum Gasteiger partial charge on any atom is 0.277 e. The predicted molar refractivity (Wildman–Crippen MR) is 76.0 cm³/mol. The van der Waals surface area contributed by atoms with Gasteiger partial charge in [-0.05, 0) is 12.1 Å². The Bertz CT molecular complexity index is 649. The van der Waals surface area contributed by atoms with E-state index in [4.69, 9.17) is 0 Å². The van der Waals surface area contributed by atoms with E-state index in [1.54, 1.807) is 0 Å². The van der Waals surface area contributed by atoms with E-state index in [1.807, 2.05) is 0 Å². The van der Waals surface area contributed by atoms with E-state index >= 15 is 0 Å². The molecule has 8 heteroatoms. The Morgan fingerprint density at radius 3 is 2.38 bits per heavy atom. The second-order valence-electron chi connectivity index (χ2n) is 4.69. The molecule has 0 saturated carbocycles. The van der Waals surface area contributed by atoms with Gasteiger partial charge in [0.05, 0.1) is 30.1 Å². The third kappa shape index (κ3) is 2.77. The summed E-state index contributed by atoms with van der Waals surface area (Å²) in [7, 11) is 0. The van der Waals surface area contributed by atoms with E-state index in [1.165, 1.54) is 30.6 Å². The predicted octanol–water partition coefficient (Wildman–Crippen LogP) is 0.271. The summed E-state index contributed by atoms with van der Waals surface area (Å²) in [6.45, 7) is -1.50. The Hall–Kier alpha value is -2.29. The topological polar surface area (TPSA) is 129 Å². The summed E-state index contributed by atoms with van der Waals surface area (Å²) < 4.78 is 0. The normalized spacial score (nSPS) is 11.6. The van der Waals surface area contributed by atoms with Crippen molar-refractivity contribution < 1.29 is 20.2 Å². The molecule has 0 bridgehead atoms. The van der Waals surface area contributed by atoms with E-state index < -0.39 is 30.3 Å². The van der Waals surface area contributed by atoms with Crippen LogP contribution < -0.4 is 5.32 Å². The average molecular weight is 293 g/mol. The zero-order valence-electron chi connectivity index (χ0n) is 11.1. The Kier molecular flexibility index (Phi) is 4.32. The molecule has 1 aromatic heterocycles. The van der Waals surface area contributed by atoms with Crippen LogP contribution in [0.2, 0.25) is 0 Å². The highest BCUT2D eigenvalue weighted by Gasteiger charge is 2.29.